The van der Waals surface area contributed by atoms with Crippen molar-refractivity contribution < 1.29 is 14.3 Å². The fourth-order valence-electron chi connectivity index (χ4n) is 3.04. The van der Waals surface area contributed by atoms with E-state index >= 15 is 0 Å². The molecule has 2 unspecified atom stereocenters. The molecule has 1 fully saturated rings. The largest absolute Gasteiger partial charge is 0.487 e. The van der Waals surface area contributed by atoms with Crippen LogP contribution in [-0.2, 0) is 4.74 Å². The van der Waals surface area contributed by atoms with Gasteiger partial charge in [-0.3, -0.25) is 4.79 Å². The number of carbonyl (C=O) groups is 1. The summed E-state index contributed by atoms with van der Waals surface area (Å²) in [6.07, 6.45) is 0.612. The fourth-order valence-corrected chi connectivity index (χ4v) is 3.04. The first-order valence-corrected chi connectivity index (χ1v) is 8.88. The van der Waals surface area contributed by atoms with Crippen molar-refractivity contribution in [2.75, 3.05) is 31.2 Å². The molecule has 1 saturated heterocycles. The molecule has 0 spiro atoms. The Morgan fingerprint density at radius 1 is 1.27 bits per heavy atom. The highest BCUT2D eigenvalue weighted by Gasteiger charge is 2.26. The number of para-hydroxylation sites is 1. The maximum atomic E-state index is 13.0. The Morgan fingerprint density at radius 3 is 2.77 bits per heavy atom. The lowest BCUT2D eigenvalue weighted by Crippen LogP contribution is -2.47. The van der Waals surface area contributed by atoms with Gasteiger partial charge in [-0.15, -0.1) is 0 Å². The fraction of sp³-hybridized carbons (Fsp3) is 0.350. The molecule has 0 aliphatic carbocycles. The van der Waals surface area contributed by atoms with E-state index in [-0.39, 0.29) is 18.0 Å². The van der Waals surface area contributed by atoms with Gasteiger partial charge in [0.15, 0.2) is 5.78 Å². The van der Waals surface area contributed by atoms with E-state index < -0.39 is 0 Å². The molecular weight excluding hydrogens is 330 g/mol. The second kappa shape index (κ2) is 8.21. The quantitative estimate of drug-likeness (QED) is 0.543. The predicted octanol–water partition coefficient (Wildman–Crippen LogP) is 2.23. The third-order valence-corrected chi connectivity index (χ3v) is 4.53. The van der Waals surface area contributed by atoms with Crippen LogP contribution in [-0.4, -0.2) is 37.7 Å². The van der Waals surface area contributed by atoms with Crippen molar-refractivity contribution in [1.82, 2.24) is 5.32 Å². The molecule has 0 aromatic heterocycles. The molecule has 0 saturated carbocycles. The van der Waals surface area contributed by atoms with Crippen molar-refractivity contribution >= 4 is 17.2 Å². The number of hydrogen-bond donors (Lipinski definition) is 3. The number of benzene rings is 2. The minimum Gasteiger partial charge on any atom is -0.487 e. The molecule has 2 aromatic rings. The minimum absolute atomic E-state index is 0.0379. The molecule has 5 N–H and O–H groups in total. The number of morpholine rings is 1. The van der Waals surface area contributed by atoms with E-state index in [0.29, 0.717) is 34.9 Å². The van der Waals surface area contributed by atoms with Crippen LogP contribution in [0.4, 0.5) is 11.4 Å². The maximum absolute atomic E-state index is 13.0. The topological polar surface area (TPSA) is 99.6 Å². The van der Waals surface area contributed by atoms with E-state index in [0.717, 1.165) is 19.5 Å². The molecular formula is C20H25N3O3. The molecule has 138 valence electrons. The van der Waals surface area contributed by atoms with Crippen LogP contribution in [0.3, 0.4) is 0 Å². The van der Waals surface area contributed by atoms with Gasteiger partial charge in [-0.25, -0.2) is 0 Å². The van der Waals surface area contributed by atoms with Crippen LogP contribution in [0, 0.1) is 0 Å². The van der Waals surface area contributed by atoms with Crippen LogP contribution in [0.2, 0.25) is 0 Å². The molecule has 26 heavy (non-hydrogen) atoms. The first kappa shape index (κ1) is 18.2. The van der Waals surface area contributed by atoms with E-state index in [2.05, 4.69) is 5.32 Å². The highest BCUT2D eigenvalue weighted by Crippen LogP contribution is 2.26. The number of rotatable bonds is 6. The first-order chi connectivity index (χ1) is 12.6. The molecule has 6 heteroatoms. The van der Waals surface area contributed by atoms with Crippen molar-refractivity contribution in [2.24, 2.45) is 0 Å². The summed E-state index contributed by atoms with van der Waals surface area (Å²) >= 11 is 0. The predicted molar refractivity (Wildman–Crippen MR) is 102 cm³/mol. The van der Waals surface area contributed by atoms with Crippen LogP contribution >= 0.6 is 0 Å². The number of nitrogens with one attached hydrogen (secondary N) is 1. The SMILES string of the molecule is CCC(Oc1ccccc1C(=O)c1ccc(N)c(N)c1)C1CNCCO1. The molecule has 1 heterocycles. The molecule has 6 nitrogen and oxygen atoms in total. The number of hydrogen-bond acceptors (Lipinski definition) is 6. The van der Waals surface area contributed by atoms with Crippen molar-refractivity contribution in [2.45, 2.75) is 25.6 Å². The van der Waals surface area contributed by atoms with Gasteiger partial charge in [0.05, 0.1) is 23.5 Å². The summed E-state index contributed by atoms with van der Waals surface area (Å²) in [7, 11) is 0. The summed E-state index contributed by atoms with van der Waals surface area (Å²) in [5, 5.41) is 3.31. The van der Waals surface area contributed by atoms with E-state index in [1.807, 2.05) is 25.1 Å². The van der Waals surface area contributed by atoms with E-state index in [4.69, 9.17) is 20.9 Å². The Bertz CT molecular complexity index is 773. The maximum Gasteiger partial charge on any atom is 0.196 e. The van der Waals surface area contributed by atoms with Gasteiger partial charge in [0.2, 0.25) is 0 Å². The lowest BCUT2D eigenvalue weighted by molar-refractivity contribution is -0.0429. The lowest BCUT2D eigenvalue weighted by Gasteiger charge is -2.31. The third kappa shape index (κ3) is 3.98. The summed E-state index contributed by atoms with van der Waals surface area (Å²) in [4.78, 5) is 13.0. The van der Waals surface area contributed by atoms with Crippen molar-refractivity contribution in [3.05, 3.63) is 53.6 Å². The number of nitrogens with two attached hydrogens (primary N) is 2. The average Bonchev–Trinajstić information content (AvgIpc) is 2.68. The molecule has 1 aliphatic rings. The van der Waals surface area contributed by atoms with Gasteiger partial charge in [0.1, 0.15) is 18.0 Å². The molecule has 0 bridgehead atoms. The Labute approximate surface area is 153 Å². The van der Waals surface area contributed by atoms with Crippen molar-refractivity contribution in [3.8, 4) is 5.75 Å². The Hall–Kier alpha value is -2.57. The Balaban J connectivity index is 1.85. The molecule has 0 radical (unpaired) electrons. The summed E-state index contributed by atoms with van der Waals surface area (Å²) in [6.45, 7) is 4.30. The summed E-state index contributed by atoms with van der Waals surface area (Å²) < 4.78 is 12.0. The molecule has 2 aromatic carbocycles. The third-order valence-electron chi connectivity index (χ3n) is 4.53. The molecule has 3 rings (SSSR count). The summed E-state index contributed by atoms with van der Waals surface area (Å²) in [5.41, 5.74) is 13.4. The lowest BCUT2D eigenvalue weighted by atomic mass is 10.0. The second-order valence-corrected chi connectivity index (χ2v) is 6.35. The van der Waals surface area contributed by atoms with E-state index in [1.165, 1.54) is 0 Å². The summed E-state index contributed by atoms with van der Waals surface area (Å²) in [6, 6.07) is 12.2. The zero-order valence-electron chi connectivity index (χ0n) is 14.9. The van der Waals surface area contributed by atoms with Gasteiger partial charge in [0, 0.05) is 18.7 Å². The van der Waals surface area contributed by atoms with Gasteiger partial charge in [0.25, 0.3) is 0 Å². The number of ether oxygens (including phenoxy) is 2. The summed E-state index contributed by atoms with van der Waals surface area (Å²) in [5.74, 6) is 0.402. The number of carbonyl (C=O) groups excluding carboxylic acids is 1. The van der Waals surface area contributed by atoms with Crippen LogP contribution in [0.5, 0.6) is 5.75 Å². The van der Waals surface area contributed by atoms with Crippen LogP contribution in [0.1, 0.15) is 29.3 Å². The average molecular weight is 355 g/mol. The van der Waals surface area contributed by atoms with Gasteiger partial charge in [-0.1, -0.05) is 19.1 Å². The zero-order valence-corrected chi connectivity index (χ0v) is 14.9. The molecule has 1 aliphatic heterocycles. The standard InChI is InChI=1S/C20H25N3O3/c1-2-17(19-12-23-9-10-25-19)26-18-6-4-3-5-14(18)20(24)13-7-8-15(21)16(22)11-13/h3-8,11,17,19,23H,2,9-10,12,21-22H2,1H3. The molecule has 2 atom stereocenters. The second-order valence-electron chi connectivity index (χ2n) is 6.35. The van der Waals surface area contributed by atoms with Gasteiger partial charge in [-0.05, 0) is 36.8 Å². The normalized spacial score (nSPS) is 18.3. The number of ketones is 1. The number of anilines is 2. The van der Waals surface area contributed by atoms with Gasteiger partial charge in [-0.2, -0.15) is 0 Å². The Kier molecular flexibility index (Phi) is 5.75. The monoisotopic (exact) mass is 355 g/mol. The highest BCUT2D eigenvalue weighted by molar-refractivity contribution is 6.11. The van der Waals surface area contributed by atoms with Crippen LogP contribution in [0.15, 0.2) is 42.5 Å². The van der Waals surface area contributed by atoms with Gasteiger partial charge >= 0.3 is 0 Å². The van der Waals surface area contributed by atoms with E-state index in [1.54, 1.807) is 24.3 Å². The minimum atomic E-state index is -0.148. The van der Waals surface area contributed by atoms with Crippen LogP contribution in [0.25, 0.3) is 0 Å². The smallest absolute Gasteiger partial charge is 0.196 e. The molecule has 0 amide bonds. The van der Waals surface area contributed by atoms with Gasteiger partial charge < -0.3 is 26.3 Å². The Morgan fingerprint density at radius 2 is 2.08 bits per heavy atom. The number of nitrogen functional groups attached to an aromatic ring is 2. The highest BCUT2D eigenvalue weighted by atomic mass is 16.5. The van der Waals surface area contributed by atoms with E-state index in [9.17, 15) is 4.79 Å². The van der Waals surface area contributed by atoms with Crippen molar-refractivity contribution in [1.29, 1.82) is 0 Å². The first-order valence-electron chi connectivity index (χ1n) is 8.88. The zero-order chi connectivity index (χ0) is 18.5. The van der Waals surface area contributed by atoms with Crippen LogP contribution < -0.4 is 21.5 Å². The van der Waals surface area contributed by atoms with Crippen molar-refractivity contribution in [3.63, 3.8) is 0 Å².